The highest BCUT2D eigenvalue weighted by atomic mass is 16.5. The lowest BCUT2D eigenvalue weighted by atomic mass is 9.70. The van der Waals surface area contributed by atoms with E-state index in [-0.39, 0.29) is 5.54 Å². The van der Waals surface area contributed by atoms with E-state index in [0.717, 1.165) is 36.2 Å². The molecule has 0 bridgehead atoms. The Morgan fingerprint density at radius 2 is 1.95 bits per heavy atom. The number of hydrogen-bond acceptors (Lipinski definition) is 3. The fourth-order valence-electron chi connectivity index (χ4n) is 3.70. The minimum Gasteiger partial charge on any atom is -0.493 e. The van der Waals surface area contributed by atoms with E-state index in [1.165, 1.54) is 24.8 Å². The van der Waals surface area contributed by atoms with Crippen LogP contribution in [0.2, 0.25) is 0 Å². The molecule has 3 heteroatoms. The van der Waals surface area contributed by atoms with E-state index in [1.54, 1.807) is 14.2 Å². The molecule has 0 aromatic heterocycles. The number of nitrogens with two attached hydrogens (primary N) is 1. The van der Waals surface area contributed by atoms with Gasteiger partial charge in [-0.3, -0.25) is 0 Å². The lowest BCUT2D eigenvalue weighted by Gasteiger charge is -2.39. The SMILES string of the molecule is COc1ccc(C2(N)CCCC(CC(C)C)C2)cc1OC. The minimum atomic E-state index is -0.225. The van der Waals surface area contributed by atoms with Crippen molar-refractivity contribution in [2.24, 2.45) is 17.6 Å². The van der Waals surface area contributed by atoms with Gasteiger partial charge < -0.3 is 15.2 Å². The van der Waals surface area contributed by atoms with Gasteiger partial charge in [0.25, 0.3) is 0 Å². The quantitative estimate of drug-likeness (QED) is 0.888. The number of rotatable bonds is 5. The summed E-state index contributed by atoms with van der Waals surface area (Å²) < 4.78 is 10.7. The Hall–Kier alpha value is -1.22. The van der Waals surface area contributed by atoms with Gasteiger partial charge in [-0.25, -0.2) is 0 Å². The molecule has 0 saturated heterocycles. The summed E-state index contributed by atoms with van der Waals surface area (Å²) >= 11 is 0. The molecular weight excluding hydrogens is 262 g/mol. The molecule has 1 aromatic rings. The summed E-state index contributed by atoms with van der Waals surface area (Å²) in [4.78, 5) is 0. The van der Waals surface area contributed by atoms with Gasteiger partial charge in [0.05, 0.1) is 14.2 Å². The van der Waals surface area contributed by atoms with Crippen LogP contribution in [0, 0.1) is 11.8 Å². The molecule has 1 aliphatic rings. The average Bonchev–Trinajstić information content (AvgIpc) is 2.45. The van der Waals surface area contributed by atoms with Crippen LogP contribution in [-0.4, -0.2) is 14.2 Å². The van der Waals surface area contributed by atoms with Gasteiger partial charge in [0.15, 0.2) is 11.5 Å². The van der Waals surface area contributed by atoms with Gasteiger partial charge in [-0.2, -0.15) is 0 Å². The zero-order chi connectivity index (χ0) is 15.5. The van der Waals surface area contributed by atoms with E-state index in [1.807, 2.05) is 6.07 Å². The normalized spacial score (nSPS) is 25.9. The predicted octanol–water partition coefficient (Wildman–Crippen LogP) is 4.09. The van der Waals surface area contributed by atoms with Crippen molar-refractivity contribution >= 4 is 0 Å². The number of methoxy groups -OCH3 is 2. The summed E-state index contributed by atoms with van der Waals surface area (Å²) in [5.74, 6) is 3.00. The van der Waals surface area contributed by atoms with Gasteiger partial charge in [0, 0.05) is 5.54 Å². The van der Waals surface area contributed by atoms with Gasteiger partial charge in [-0.1, -0.05) is 32.8 Å². The summed E-state index contributed by atoms with van der Waals surface area (Å²) in [6, 6.07) is 6.12. The minimum absolute atomic E-state index is 0.225. The number of ether oxygens (including phenoxy) is 2. The van der Waals surface area contributed by atoms with Gasteiger partial charge in [0.1, 0.15) is 0 Å². The fourth-order valence-corrected chi connectivity index (χ4v) is 3.70. The molecule has 2 atom stereocenters. The van der Waals surface area contributed by atoms with Crippen LogP contribution in [0.15, 0.2) is 18.2 Å². The van der Waals surface area contributed by atoms with Gasteiger partial charge in [0.2, 0.25) is 0 Å². The molecule has 118 valence electrons. The Labute approximate surface area is 128 Å². The first kappa shape index (κ1) is 16.2. The molecule has 2 rings (SSSR count). The van der Waals surface area contributed by atoms with E-state index in [2.05, 4.69) is 26.0 Å². The maximum atomic E-state index is 6.77. The van der Waals surface area contributed by atoms with Crippen molar-refractivity contribution < 1.29 is 9.47 Å². The van der Waals surface area contributed by atoms with Crippen molar-refractivity contribution in [3.8, 4) is 11.5 Å². The van der Waals surface area contributed by atoms with Crippen molar-refractivity contribution in [1.82, 2.24) is 0 Å². The van der Waals surface area contributed by atoms with Crippen LogP contribution in [0.1, 0.15) is 51.5 Å². The molecule has 2 N–H and O–H groups in total. The zero-order valence-electron chi connectivity index (χ0n) is 13.8. The third-order valence-corrected chi connectivity index (χ3v) is 4.65. The van der Waals surface area contributed by atoms with E-state index < -0.39 is 0 Å². The highest BCUT2D eigenvalue weighted by Crippen LogP contribution is 2.42. The molecule has 21 heavy (non-hydrogen) atoms. The first-order valence-electron chi connectivity index (χ1n) is 8.00. The monoisotopic (exact) mass is 291 g/mol. The smallest absolute Gasteiger partial charge is 0.161 e. The highest BCUT2D eigenvalue weighted by molar-refractivity contribution is 5.45. The van der Waals surface area contributed by atoms with Crippen LogP contribution >= 0.6 is 0 Å². The van der Waals surface area contributed by atoms with Crippen molar-refractivity contribution in [3.05, 3.63) is 23.8 Å². The number of hydrogen-bond donors (Lipinski definition) is 1. The third kappa shape index (κ3) is 3.70. The lowest BCUT2D eigenvalue weighted by molar-refractivity contribution is 0.202. The highest BCUT2D eigenvalue weighted by Gasteiger charge is 2.35. The molecule has 0 spiro atoms. The zero-order valence-corrected chi connectivity index (χ0v) is 13.8. The van der Waals surface area contributed by atoms with Crippen LogP contribution < -0.4 is 15.2 Å². The Morgan fingerprint density at radius 1 is 1.24 bits per heavy atom. The first-order valence-corrected chi connectivity index (χ1v) is 8.00. The Balaban J connectivity index is 2.22. The summed E-state index contributed by atoms with van der Waals surface area (Å²) in [5.41, 5.74) is 7.72. The maximum Gasteiger partial charge on any atom is 0.161 e. The molecule has 0 heterocycles. The summed E-state index contributed by atoms with van der Waals surface area (Å²) in [6.45, 7) is 4.59. The van der Waals surface area contributed by atoms with Gasteiger partial charge >= 0.3 is 0 Å². The van der Waals surface area contributed by atoms with Gasteiger partial charge in [-0.05, 0) is 48.8 Å². The van der Waals surface area contributed by atoms with Crippen LogP contribution in [0.5, 0.6) is 11.5 Å². The first-order chi connectivity index (χ1) is 9.98. The Bertz CT molecular complexity index is 472. The Morgan fingerprint density at radius 3 is 2.57 bits per heavy atom. The van der Waals surface area contributed by atoms with Crippen LogP contribution in [0.25, 0.3) is 0 Å². The molecule has 3 nitrogen and oxygen atoms in total. The summed E-state index contributed by atoms with van der Waals surface area (Å²) in [6.07, 6.45) is 5.91. The standard InChI is InChI=1S/C18H29NO2/c1-13(2)10-14-6-5-9-18(19,12-14)15-7-8-16(20-3)17(11-15)21-4/h7-8,11,13-14H,5-6,9-10,12,19H2,1-4H3. The second kappa shape index (κ2) is 6.69. The molecule has 0 radical (unpaired) electrons. The van der Waals surface area contributed by atoms with Crippen LogP contribution in [0.3, 0.4) is 0 Å². The predicted molar refractivity (Wildman–Crippen MR) is 86.8 cm³/mol. The second-order valence-electron chi connectivity index (χ2n) is 6.82. The maximum absolute atomic E-state index is 6.77. The van der Waals surface area contributed by atoms with Crippen molar-refractivity contribution in [2.45, 2.75) is 51.5 Å². The van der Waals surface area contributed by atoms with E-state index in [4.69, 9.17) is 15.2 Å². The average molecular weight is 291 g/mol. The van der Waals surface area contributed by atoms with Gasteiger partial charge in [-0.15, -0.1) is 0 Å². The largest absolute Gasteiger partial charge is 0.493 e. The van der Waals surface area contributed by atoms with E-state index >= 15 is 0 Å². The topological polar surface area (TPSA) is 44.5 Å². The number of benzene rings is 1. The Kier molecular flexibility index (Phi) is 5.15. The van der Waals surface area contributed by atoms with Crippen molar-refractivity contribution in [3.63, 3.8) is 0 Å². The van der Waals surface area contributed by atoms with E-state index in [9.17, 15) is 0 Å². The fraction of sp³-hybridized carbons (Fsp3) is 0.667. The van der Waals surface area contributed by atoms with E-state index in [0.29, 0.717) is 0 Å². The summed E-state index contributed by atoms with van der Waals surface area (Å²) in [7, 11) is 3.34. The lowest BCUT2D eigenvalue weighted by Crippen LogP contribution is -2.41. The molecule has 2 unspecified atom stereocenters. The second-order valence-corrected chi connectivity index (χ2v) is 6.82. The molecule has 0 aliphatic heterocycles. The molecule has 0 amide bonds. The molecule has 1 fully saturated rings. The molecule has 1 saturated carbocycles. The summed E-state index contributed by atoms with van der Waals surface area (Å²) in [5, 5.41) is 0. The molecule has 1 aromatic carbocycles. The molecular formula is C18H29NO2. The van der Waals surface area contributed by atoms with Crippen molar-refractivity contribution in [1.29, 1.82) is 0 Å². The third-order valence-electron chi connectivity index (χ3n) is 4.65. The van der Waals surface area contributed by atoms with Crippen LogP contribution in [0.4, 0.5) is 0 Å². The van der Waals surface area contributed by atoms with Crippen molar-refractivity contribution in [2.75, 3.05) is 14.2 Å². The molecule has 1 aliphatic carbocycles. The van der Waals surface area contributed by atoms with Crippen LogP contribution in [-0.2, 0) is 5.54 Å².